The zero-order valence-corrected chi connectivity index (χ0v) is 15.5. The van der Waals surface area contributed by atoms with Crippen LogP contribution in [0.4, 0.5) is 9.18 Å². The Hall–Kier alpha value is -2.57. The van der Waals surface area contributed by atoms with E-state index in [1.54, 1.807) is 0 Å². The van der Waals surface area contributed by atoms with Crippen LogP contribution in [0.25, 0.3) is 0 Å². The molecule has 0 aromatic heterocycles. The average Bonchev–Trinajstić information content (AvgIpc) is 2.59. The quantitative estimate of drug-likeness (QED) is 0.435. The van der Waals surface area contributed by atoms with Crippen molar-refractivity contribution in [3.63, 3.8) is 0 Å². The van der Waals surface area contributed by atoms with Gasteiger partial charge in [0.2, 0.25) is 10.0 Å². The van der Waals surface area contributed by atoms with Gasteiger partial charge < -0.3 is 15.2 Å². The van der Waals surface area contributed by atoms with Gasteiger partial charge in [0, 0.05) is 7.05 Å². The maximum atomic E-state index is 12.9. The van der Waals surface area contributed by atoms with Gasteiger partial charge in [0.1, 0.15) is 11.9 Å². The highest BCUT2D eigenvalue weighted by Crippen LogP contribution is 2.12. The lowest BCUT2D eigenvalue weighted by atomic mass is 10.2. The van der Waals surface area contributed by atoms with Crippen LogP contribution in [0.2, 0.25) is 0 Å². The molecule has 12 heteroatoms. The van der Waals surface area contributed by atoms with Crippen LogP contribution in [0.15, 0.2) is 29.2 Å². The molecule has 1 rings (SSSR count). The average molecular weight is 405 g/mol. The van der Waals surface area contributed by atoms with Crippen molar-refractivity contribution in [3.05, 3.63) is 30.1 Å². The van der Waals surface area contributed by atoms with Crippen molar-refractivity contribution in [2.75, 3.05) is 7.05 Å². The van der Waals surface area contributed by atoms with Gasteiger partial charge in [-0.1, -0.05) is 0 Å². The molecule has 27 heavy (non-hydrogen) atoms. The molecule has 3 atom stereocenters. The van der Waals surface area contributed by atoms with Gasteiger partial charge >= 0.3 is 12.0 Å². The highest BCUT2D eigenvalue weighted by Gasteiger charge is 2.33. The fraction of sp³-hybridized carbons (Fsp3) is 0.400. The van der Waals surface area contributed by atoms with Crippen LogP contribution in [0.3, 0.4) is 0 Å². The first kappa shape index (κ1) is 22.5. The number of aliphatic hydroxyl groups is 1. The summed E-state index contributed by atoms with van der Waals surface area (Å²) in [5, 5.41) is 13.7. The molecule has 0 unspecified atom stereocenters. The summed E-state index contributed by atoms with van der Waals surface area (Å²) in [4.78, 5) is 34.6. The second-order valence-corrected chi connectivity index (χ2v) is 7.15. The third-order valence-electron chi connectivity index (χ3n) is 3.27. The van der Waals surface area contributed by atoms with Crippen LogP contribution in [0.1, 0.15) is 13.8 Å². The predicted octanol–water partition coefficient (Wildman–Crippen LogP) is -0.759. The SMILES string of the molecule is CNC(=O)NC(=O)[C@H](C)OC(=O)[C@H](NS(=O)(=O)c1ccc(F)cc1)[C@H](C)O. The minimum atomic E-state index is -4.29. The maximum Gasteiger partial charge on any atom is 0.327 e. The molecule has 0 aliphatic carbocycles. The van der Waals surface area contributed by atoms with E-state index < -0.39 is 52.0 Å². The number of sulfonamides is 1. The summed E-state index contributed by atoms with van der Waals surface area (Å²) in [7, 11) is -3.02. The van der Waals surface area contributed by atoms with Gasteiger partial charge in [-0.05, 0) is 38.1 Å². The van der Waals surface area contributed by atoms with Crippen molar-refractivity contribution in [3.8, 4) is 0 Å². The van der Waals surface area contributed by atoms with Crippen LogP contribution >= 0.6 is 0 Å². The number of urea groups is 1. The fourth-order valence-corrected chi connectivity index (χ4v) is 3.03. The van der Waals surface area contributed by atoms with Crippen LogP contribution in [0, 0.1) is 5.82 Å². The Balaban J connectivity index is 2.88. The van der Waals surface area contributed by atoms with Crippen LogP contribution < -0.4 is 15.4 Å². The van der Waals surface area contributed by atoms with Gasteiger partial charge in [-0.25, -0.2) is 17.6 Å². The van der Waals surface area contributed by atoms with Crippen LogP contribution in [-0.2, 0) is 24.3 Å². The lowest BCUT2D eigenvalue weighted by molar-refractivity contribution is -0.158. The standard InChI is InChI=1S/C15H20FN3O7S/c1-8(20)12(14(22)26-9(2)13(21)18-15(23)17-3)19-27(24,25)11-6-4-10(16)5-7-11/h4-9,12,19-20H,1-3H3,(H2,17,18,21,23)/t8-,9-,12+/m0/s1. The summed E-state index contributed by atoms with van der Waals surface area (Å²) >= 11 is 0. The first-order valence-corrected chi connectivity index (χ1v) is 9.15. The lowest BCUT2D eigenvalue weighted by Crippen LogP contribution is -2.51. The van der Waals surface area contributed by atoms with E-state index in [0.717, 1.165) is 38.1 Å². The summed E-state index contributed by atoms with van der Waals surface area (Å²) in [5.74, 6) is -2.85. The molecular weight excluding hydrogens is 385 g/mol. The molecule has 0 saturated carbocycles. The number of rotatable bonds is 7. The molecule has 3 amide bonds. The van der Waals surface area contributed by atoms with E-state index in [2.05, 4.69) is 5.32 Å². The minimum Gasteiger partial charge on any atom is -0.451 e. The largest absolute Gasteiger partial charge is 0.451 e. The molecule has 0 aliphatic heterocycles. The number of halogens is 1. The zero-order chi connectivity index (χ0) is 20.8. The van der Waals surface area contributed by atoms with E-state index in [4.69, 9.17) is 4.74 Å². The first-order valence-electron chi connectivity index (χ1n) is 7.67. The number of aliphatic hydroxyl groups excluding tert-OH is 1. The highest BCUT2D eigenvalue weighted by atomic mass is 32.2. The van der Waals surface area contributed by atoms with E-state index >= 15 is 0 Å². The molecule has 4 N–H and O–H groups in total. The molecule has 150 valence electrons. The van der Waals surface area contributed by atoms with Gasteiger partial charge in [0.15, 0.2) is 6.10 Å². The van der Waals surface area contributed by atoms with Crippen molar-refractivity contribution in [2.45, 2.75) is 37.0 Å². The van der Waals surface area contributed by atoms with Crippen molar-refractivity contribution < 1.29 is 37.0 Å². The summed E-state index contributed by atoms with van der Waals surface area (Å²) < 4.78 is 44.2. The number of benzene rings is 1. The number of imide groups is 1. The Morgan fingerprint density at radius 1 is 1.15 bits per heavy atom. The summed E-state index contributed by atoms with van der Waals surface area (Å²) in [6.07, 6.45) is -2.95. The highest BCUT2D eigenvalue weighted by molar-refractivity contribution is 7.89. The molecule has 10 nitrogen and oxygen atoms in total. The first-order chi connectivity index (χ1) is 12.5. The molecule has 0 bridgehead atoms. The van der Waals surface area contributed by atoms with E-state index in [-0.39, 0.29) is 4.90 Å². The van der Waals surface area contributed by atoms with Gasteiger partial charge in [-0.2, -0.15) is 4.72 Å². The van der Waals surface area contributed by atoms with E-state index in [1.165, 1.54) is 7.05 Å². The van der Waals surface area contributed by atoms with Crippen LogP contribution in [0.5, 0.6) is 0 Å². The molecular formula is C15H20FN3O7S. The zero-order valence-electron chi connectivity index (χ0n) is 14.7. The number of ether oxygens (including phenoxy) is 1. The second-order valence-electron chi connectivity index (χ2n) is 5.44. The molecule has 0 heterocycles. The number of carbonyl (C=O) groups excluding carboxylic acids is 3. The Labute approximate surface area is 155 Å². The number of esters is 1. The molecule has 0 aliphatic rings. The van der Waals surface area contributed by atoms with Crippen molar-refractivity contribution in [2.24, 2.45) is 0 Å². The Bertz CT molecular complexity index is 796. The van der Waals surface area contributed by atoms with Gasteiger partial charge in [-0.3, -0.25) is 14.9 Å². The van der Waals surface area contributed by atoms with Crippen LogP contribution in [-0.4, -0.2) is 56.7 Å². The fourth-order valence-electron chi connectivity index (χ4n) is 1.77. The smallest absolute Gasteiger partial charge is 0.327 e. The summed E-state index contributed by atoms with van der Waals surface area (Å²) in [6.45, 7) is 2.29. The predicted molar refractivity (Wildman–Crippen MR) is 90.3 cm³/mol. The summed E-state index contributed by atoms with van der Waals surface area (Å²) in [6, 6.07) is 1.20. The maximum absolute atomic E-state index is 12.9. The molecule has 0 spiro atoms. The summed E-state index contributed by atoms with van der Waals surface area (Å²) in [5.41, 5.74) is 0. The molecule has 1 aromatic rings. The Kier molecular flexibility index (Phi) is 7.82. The number of hydrogen-bond acceptors (Lipinski definition) is 7. The molecule has 0 fully saturated rings. The van der Waals surface area contributed by atoms with Gasteiger partial charge in [0.05, 0.1) is 11.0 Å². The van der Waals surface area contributed by atoms with E-state index in [1.807, 2.05) is 10.0 Å². The Morgan fingerprint density at radius 2 is 1.70 bits per heavy atom. The monoisotopic (exact) mass is 405 g/mol. The number of carbonyl (C=O) groups is 3. The molecule has 1 aromatic carbocycles. The third kappa shape index (κ3) is 6.58. The molecule has 0 saturated heterocycles. The third-order valence-corrected chi connectivity index (χ3v) is 4.73. The molecule has 0 radical (unpaired) electrons. The van der Waals surface area contributed by atoms with Gasteiger partial charge in [0.25, 0.3) is 5.91 Å². The second kappa shape index (κ2) is 9.39. The number of nitrogens with one attached hydrogen (secondary N) is 3. The topological polar surface area (TPSA) is 151 Å². The van der Waals surface area contributed by atoms with E-state index in [9.17, 15) is 32.3 Å². The Morgan fingerprint density at radius 3 is 2.19 bits per heavy atom. The van der Waals surface area contributed by atoms with E-state index in [0.29, 0.717) is 0 Å². The van der Waals surface area contributed by atoms with Gasteiger partial charge in [-0.15, -0.1) is 0 Å². The number of amides is 3. The van der Waals surface area contributed by atoms with Crippen molar-refractivity contribution in [1.29, 1.82) is 0 Å². The minimum absolute atomic E-state index is 0.340. The lowest BCUT2D eigenvalue weighted by Gasteiger charge is -2.22. The van der Waals surface area contributed by atoms with Crippen molar-refractivity contribution >= 4 is 27.9 Å². The number of hydrogen-bond donors (Lipinski definition) is 4. The van der Waals surface area contributed by atoms with Crippen molar-refractivity contribution in [1.82, 2.24) is 15.4 Å². The normalized spacial score (nSPS) is 14.6.